The molecule has 8 nitrogen and oxygen atoms in total. The van der Waals surface area contributed by atoms with Gasteiger partial charge in [-0.05, 0) is 31.5 Å². The number of rotatable bonds is 4. The van der Waals surface area contributed by atoms with E-state index < -0.39 is 29.7 Å². The second-order valence-electron chi connectivity index (χ2n) is 6.53. The molecule has 0 spiro atoms. The SMILES string of the molecule is CC(N)CN(C)c1ccc2c(c1)C(=O)N(C1CCC(=O)NC1=O)C2=O. The first-order valence-electron chi connectivity index (χ1n) is 8.12. The summed E-state index contributed by atoms with van der Waals surface area (Å²) >= 11 is 0. The van der Waals surface area contributed by atoms with Crippen LogP contribution in [0.4, 0.5) is 5.69 Å². The molecule has 2 aliphatic rings. The summed E-state index contributed by atoms with van der Waals surface area (Å²) in [4.78, 5) is 51.5. The number of amides is 4. The van der Waals surface area contributed by atoms with Gasteiger partial charge in [-0.3, -0.25) is 29.4 Å². The van der Waals surface area contributed by atoms with E-state index in [4.69, 9.17) is 5.73 Å². The van der Waals surface area contributed by atoms with E-state index in [0.717, 1.165) is 10.6 Å². The number of hydrogen-bond acceptors (Lipinski definition) is 6. The van der Waals surface area contributed by atoms with Crippen molar-refractivity contribution in [2.24, 2.45) is 5.73 Å². The van der Waals surface area contributed by atoms with Gasteiger partial charge >= 0.3 is 0 Å². The number of nitrogens with zero attached hydrogens (tertiary/aromatic N) is 2. The Labute approximate surface area is 144 Å². The van der Waals surface area contributed by atoms with E-state index in [1.807, 2.05) is 18.9 Å². The number of carbonyl (C=O) groups excluding carboxylic acids is 4. The number of fused-ring (bicyclic) bond motifs is 1. The molecule has 25 heavy (non-hydrogen) atoms. The molecule has 2 heterocycles. The zero-order chi connectivity index (χ0) is 18.3. The maximum Gasteiger partial charge on any atom is 0.262 e. The Bertz CT molecular complexity index is 774. The summed E-state index contributed by atoms with van der Waals surface area (Å²) in [5, 5.41) is 2.18. The van der Waals surface area contributed by atoms with Crippen molar-refractivity contribution in [2.75, 3.05) is 18.5 Å². The average molecular weight is 344 g/mol. The molecule has 1 aromatic rings. The summed E-state index contributed by atoms with van der Waals surface area (Å²) in [6.07, 6.45) is 0.250. The lowest BCUT2D eigenvalue weighted by atomic mass is 10.0. The first kappa shape index (κ1) is 17.1. The second kappa shape index (κ2) is 6.29. The Morgan fingerprint density at radius 1 is 1.24 bits per heavy atom. The Hall–Kier alpha value is -2.74. The number of nitrogens with two attached hydrogens (primary N) is 1. The van der Waals surface area contributed by atoms with Crippen LogP contribution < -0.4 is 16.0 Å². The van der Waals surface area contributed by atoms with Crippen molar-refractivity contribution in [3.8, 4) is 0 Å². The number of benzene rings is 1. The van der Waals surface area contributed by atoms with Gasteiger partial charge in [-0.1, -0.05) is 0 Å². The number of carbonyl (C=O) groups is 4. The maximum atomic E-state index is 12.7. The summed E-state index contributed by atoms with van der Waals surface area (Å²) in [7, 11) is 1.85. The van der Waals surface area contributed by atoms with Gasteiger partial charge in [0.15, 0.2) is 0 Å². The van der Waals surface area contributed by atoms with Crippen molar-refractivity contribution < 1.29 is 19.2 Å². The van der Waals surface area contributed by atoms with Crippen LogP contribution in [0.1, 0.15) is 40.5 Å². The Morgan fingerprint density at radius 3 is 2.56 bits per heavy atom. The summed E-state index contributed by atoms with van der Waals surface area (Å²) in [6.45, 7) is 2.47. The molecule has 0 radical (unpaired) electrons. The van der Waals surface area contributed by atoms with Crippen LogP contribution in [0, 0.1) is 0 Å². The fraction of sp³-hybridized carbons (Fsp3) is 0.412. The minimum Gasteiger partial charge on any atom is -0.373 e. The first-order chi connectivity index (χ1) is 11.8. The number of anilines is 1. The predicted molar refractivity (Wildman–Crippen MR) is 90.0 cm³/mol. The Balaban J connectivity index is 1.89. The van der Waals surface area contributed by atoms with E-state index in [1.54, 1.807) is 18.2 Å². The first-order valence-corrected chi connectivity index (χ1v) is 8.12. The number of imide groups is 2. The minimum absolute atomic E-state index is 0.0458. The molecule has 0 saturated carbocycles. The molecule has 1 saturated heterocycles. The summed E-state index contributed by atoms with van der Waals surface area (Å²) in [5.74, 6) is -2.01. The van der Waals surface area contributed by atoms with E-state index in [-0.39, 0.29) is 30.0 Å². The van der Waals surface area contributed by atoms with Crippen molar-refractivity contribution >= 4 is 29.3 Å². The highest BCUT2D eigenvalue weighted by Crippen LogP contribution is 2.30. The summed E-state index contributed by atoms with van der Waals surface area (Å²) in [6, 6.07) is 3.99. The molecule has 2 unspecified atom stereocenters. The highest BCUT2D eigenvalue weighted by atomic mass is 16.2. The topological polar surface area (TPSA) is 113 Å². The highest BCUT2D eigenvalue weighted by molar-refractivity contribution is 6.23. The van der Waals surface area contributed by atoms with Gasteiger partial charge in [0, 0.05) is 31.7 Å². The van der Waals surface area contributed by atoms with E-state index >= 15 is 0 Å². The molecule has 1 fully saturated rings. The van der Waals surface area contributed by atoms with E-state index in [2.05, 4.69) is 5.32 Å². The number of likely N-dealkylation sites (N-methyl/N-ethyl adjacent to an activating group) is 1. The predicted octanol–water partition coefficient (Wildman–Crippen LogP) is -0.129. The zero-order valence-corrected chi connectivity index (χ0v) is 14.1. The molecule has 0 bridgehead atoms. The number of piperidine rings is 1. The maximum absolute atomic E-state index is 12.7. The monoisotopic (exact) mass is 344 g/mol. The van der Waals surface area contributed by atoms with Gasteiger partial charge in [-0.15, -0.1) is 0 Å². The van der Waals surface area contributed by atoms with Gasteiger partial charge in [0.25, 0.3) is 11.8 Å². The molecule has 0 aliphatic carbocycles. The third-order valence-corrected chi connectivity index (χ3v) is 4.43. The smallest absolute Gasteiger partial charge is 0.262 e. The van der Waals surface area contributed by atoms with Crippen LogP contribution in [0.25, 0.3) is 0 Å². The molecule has 132 valence electrons. The minimum atomic E-state index is -0.949. The molecular weight excluding hydrogens is 324 g/mol. The van der Waals surface area contributed by atoms with Crippen LogP contribution in [0.3, 0.4) is 0 Å². The van der Waals surface area contributed by atoms with Gasteiger partial charge < -0.3 is 10.6 Å². The normalized spacial score (nSPS) is 21.2. The third kappa shape index (κ3) is 3.00. The van der Waals surface area contributed by atoms with Gasteiger partial charge in [-0.2, -0.15) is 0 Å². The number of hydrogen-bond donors (Lipinski definition) is 2. The quantitative estimate of drug-likeness (QED) is 0.736. The molecule has 2 aliphatic heterocycles. The van der Waals surface area contributed by atoms with Gasteiger partial charge in [0.05, 0.1) is 11.1 Å². The largest absolute Gasteiger partial charge is 0.373 e. The molecule has 4 amide bonds. The van der Waals surface area contributed by atoms with Crippen LogP contribution >= 0.6 is 0 Å². The van der Waals surface area contributed by atoms with E-state index in [9.17, 15) is 19.2 Å². The van der Waals surface area contributed by atoms with Crippen LogP contribution in [0.5, 0.6) is 0 Å². The van der Waals surface area contributed by atoms with Gasteiger partial charge in [0.2, 0.25) is 11.8 Å². The van der Waals surface area contributed by atoms with E-state index in [1.165, 1.54) is 0 Å². The molecule has 3 N–H and O–H groups in total. The lowest BCUT2D eigenvalue weighted by molar-refractivity contribution is -0.136. The van der Waals surface area contributed by atoms with Crippen molar-refractivity contribution in [1.82, 2.24) is 10.2 Å². The lowest BCUT2D eigenvalue weighted by Gasteiger charge is -2.27. The Kier molecular flexibility index (Phi) is 4.30. The van der Waals surface area contributed by atoms with Crippen LogP contribution in [-0.2, 0) is 9.59 Å². The summed E-state index contributed by atoms with van der Waals surface area (Å²) < 4.78 is 0. The van der Waals surface area contributed by atoms with Gasteiger partial charge in [-0.25, -0.2) is 0 Å². The molecule has 1 aromatic carbocycles. The summed E-state index contributed by atoms with van der Waals surface area (Å²) in [5.41, 5.74) is 7.10. The van der Waals surface area contributed by atoms with Crippen molar-refractivity contribution in [3.05, 3.63) is 29.3 Å². The number of nitrogens with one attached hydrogen (secondary N) is 1. The second-order valence-corrected chi connectivity index (χ2v) is 6.53. The molecule has 3 rings (SSSR count). The standard InChI is InChI=1S/C17H20N4O4/c1-9(18)8-20(2)10-3-4-11-12(7-10)17(25)21(16(11)24)13-5-6-14(22)19-15(13)23/h3-4,7,9,13H,5-6,8,18H2,1-2H3,(H,19,22,23). The van der Waals surface area contributed by atoms with Crippen LogP contribution in [0.15, 0.2) is 18.2 Å². The third-order valence-electron chi connectivity index (χ3n) is 4.43. The highest BCUT2D eigenvalue weighted by Gasteiger charge is 2.44. The molecular formula is C17H20N4O4. The Morgan fingerprint density at radius 2 is 1.92 bits per heavy atom. The van der Waals surface area contributed by atoms with Crippen LogP contribution in [0.2, 0.25) is 0 Å². The van der Waals surface area contributed by atoms with Crippen molar-refractivity contribution in [1.29, 1.82) is 0 Å². The zero-order valence-electron chi connectivity index (χ0n) is 14.1. The van der Waals surface area contributed by atoms with Crippen molar-refractivity contribution in [2.45, 2.75) is 31.8 Å². The molecule has 8 heteroatoms. The fourth-order valence-corrected chi connectivity index (χ4v) is 3.23. The van der Waals surface area contributed by atoms with Gasteiger partial charge in [0.1, 0.15) is 6.04 Å². The fourth-order valence-electron chi connectivity index (χ4n) is 3.23. The average Bonchev–Trinajstić information content (AvgIpc) is 2.78. The van der Waals surface area contributed by atoms with E-state index in [0.29, 0.717) is 6.54 Å². The lowest BCUT2D eigenvalue weighted by Crippen LogP contribution is -2.54. The van der Waals surface area contributed by atoms with Crippen LogP contribution in [-0.4, -0.2) is 54.2 Å². The molecule has 0 aromatic heterocycles. The van der Waals surface area contributed by atoms with Crippen molar-refractivity contribution in [3.63, 3.8) is 0 Å². The molecule has 2 atom stereocenters.